The molecule has 0 spiro atoms. The van der Waals surface area contributed by atoms with Crippen molar-refractivity contribution in [3.05, 3.63) is 0 Å². The van der Waals surface area contributed by atoms with E-state index in [9.17, 15) is 4.79 Å². The van der Waals surface area contributed by atoms with Gasteiger partial charge in [-0.2, -0.15) is 0 Å². The third kappa shape index (κ3) is 4.16. The lowest BCUT2D eigenvalue weighted by Gasteiger charge is -2.38. The minimum Gasteiger partial charge on any atom is -0.379 e. The molecule has 5 nitrogen and oxygen atoms in total. The molecule has 0 aromatic carbocycles. The van der Waals surface area contributed by atoms with E-state index in [1.165, 1.54) is 0 Å². The number of amides is 2. The van der Waals surface area contributed by atoms with Gasteiger partial charge in [0.1, 0.15) is 0 Å². The summed E-state index contributed by atoms with van der Waals surface area (Å²) in [4.78, 5) is 13.8. The van der Waals surface area contributed by atoms with Crippen LogP contribution in [0.5, 0.6) is 0 Å². The second kappa shape index (κ2) is 6.81. The van der Waals surface area contributed by atoms with Gasteiger partial charge in [-0.25, -0.2) is 4.79 Å². The molecule has 2 N–H and O–H groups in total. The highest BCUT2D eigenvalue weighted by atomic mass is 16.5. The Morgan fingerprint density at radius 1 is 1.24 bits per heavy atom. The van der Waals surface area contributed by atoms with Gasteiger partial charge in [0, 0.05) is 32.2 Å². The van der Waals surface area contributed by atoms with Crippen LogP contribution in [0.15, 0.2) is 0 Å². The first kappa shape index (κ1) is 14.3. The third-order valence-electron chi connectivity index (χ3n) is 3.38. The molecule has 2 unspecified atom stereocenters. The summed E-state index contributed by atoms with van der Waals surface area (Å²) in [5.41, 5.74) is 0. The monoisotopic (exact) mass is 243 g/mol. The van der Waals surface area contributed by atoms with Gasteiger partial charge in [-0.3, -0.25) is 4.90 Å². The van der Waals surface area contributed by atoms with Gasteiger partial charge < -0.3 is 15.4 Å². The van der Waals surface area contributed by atoms with Gasteiger partial charge in [-0.15, -0.1) is 0 Å². The fraction of sp³-hybridized carbons (Fsp3) is 0.917. The Morgan fingerprint density at radius 3 is 2.29 bits per heavy atom. The van der Waals surface area contributed by atoms with Crippen LogP contribution in [0.4, 0.5) is 4.79 Å². The number of hydrogen-bond acceptors (Lipinski definition) is 3. The van der Waals surface area contributed by atoms with Crippen LogP contribution in [0.25, 0.3) is 0 Å². The van der Waals surface area contributed by atoms with Crippen LogP contribution < -0.4 is 10.6 Å². The molecule has 17 heavy (non-hydrogen) atoms. The predicted octanol–water partition coefficient (Wildman–Crippen LogP) is 0.661. The predicted molar refractivity (Wildman–Crippen MR) is 68.1 cm³/mol. The van der Waals surface area contributed by atoms with Crippen LogP contribution in [-0.2, 0) is 4.74 Å². The molecule has 0 aromatic heterocycles. The van der Waals surface area contributed by atoms with Gasteiger partial charge in [0.25, 0.3) is 0 Å². The van der Waals surface area contributed by atoms with E-state index < -0.39 is 0 Å². The molecule has 2 atom stereocenters. The lowest BCUT2D eigenvalue weighted by atomic mass is 9.96. The van der Waals surface area contributed by atoms with E-state index in [0.717, 1.165) is 26.3 Å². The van der Waals surface area contributed by atoms with E-state index >= 15 is 0 Å². The molecule has 5 heteroatoms. The SMILES string of the molecule is CNC(=O)NC(C(C)C)C(C)N1CCOCC1. The van der Waals surface area contributed by atoms with Gasteiger partial charge >= 0.3 is 6.03 Å². The fourth-order valence-electron chi connectivity index (χ4n) is 2.28. The van der Waals surface area contributed by atoms with Gasteiger partial charge in [0.2, 0.25) is 0 Å². The number of ether oxygens (including phenoxy) is 1. The zero-order valence-corrected chi connectivity index (χ0v) is 11.3. The summed E-state index contributed by atoms with van der Waals surface area (Å²) in [6.07, 6.45) is 0. The molecule has 0 aromatic rings. The minimum absolute atomic E-state index is 0.108. The van der Waals surface area contributed by atoms with Crippen molar-refractivity contribution >= 4 is 6.03 Å². The highest BCUT2D eigenvalue weighted by Crippen LogP contribution is 2.14. The normalized spacial score (nSPS) is 21.0. The van der Waals surface area contributed by atoms with Crippen LogP contribution >= 0.6 is 0 Å². The molecule has 100 valence electrons. The van der Waals surface area contributed by atoms with Crippen LogP contribution in [0, 0.1) is 5.92 Å². The van der Waals surface area contributed by atoms with Crippen molar-refractivity contribution in [1.29, 1.82) is 0 Å². The number of carbonyl (C=O) groups is 1. The molecule has 1 heterocycles. The quantitative estimate of drug-likeness (QED) is 0.762. The van der Waals surface area contributed by atoms with Gasteiger partial charge in [-0.1, -0.05) is 13.8 Å². The first-order valence-corrected chi connectivity index (χ1v) is 6.36. The number of nitrogens with one attached hydrogen (secondary N) is 2. The largest absolute Gasteiger partial charge is 0.379 e. The van der Waals surface area contributed by atoms with Crippen LogP contribution in [0.3, 0.4) is 0 Å². The Kier molecular flexibility index (Phi) is 5.71. The van der Waals surface area contributed by atoms with Crippen LogP contribution in [0.2, 0.25) is 0 Å². The molecule has 1 rings (SSSR count). The zero-order chi connectivity index (χ0) is 12.8. The lowest BCUT2D eigenvalue weighted by molar-refractivity contribution is 0.00933. The minimum atomic E-state index is -0.108. The van der Waals surface area contributed by atoms with E-state index in [2.05, 4.69) is 36.3 Å². The second-order valence-corrected chi connectivity index (χ2v) is 4.88. The number of urea groups is 1. The highest BCUT2D eigenvalue weighted by molar-refractivity contribution is 5.73. The van der Waals surface area contributed by atoms with E-state index in [0.29, 0.717) is 12.0 Å². The van der Waals surface area contributed by atoms with Crippen molar-refractivity contribution < 1.29 is 9.53 Å². The number of nitrogens with zero attached hydrogens (tertiary/aromatic N) is 1. The van der Waals surface area contributed by atoms with E-state index in [1.807, 2.05) is 0 Å². The summed E-state index contributed by atoms with van der Waals surface area (Å²) in [5.74, 6) is 0.408. The number of hydrogen-bond donors (Lipinski definition) is 2. The molecule has 0 saturated carbocycles. The second-order valence-electron chi connectivity index (χ2n) is 4.88. The molecule has 0 aliphatic carbocycles. The highest BCUT2D eigenvalue weighted by Gasteiger charge is 2.28. The van der Waals surface area contributed by atoms with Gasteiger partial charge in [0.05, 0.1) is 13.2 Å². The summed E-state index contributed by atoms with van der Waals surface area (Å²) in [6, 6.07) is 0.382. The number of rotatable bonds is 4. The maximum atomic E-state index is 11.4. The first-order valence-electron chi connectivity index (χ1n) is 6.36. The average Bonchev–Trinajstić information content (AvgIpc) is 2.35. The van der Waals surface area contributed by atoms with E-state index in [-0.39, 0.29) is 12.1 Å². The van der Waals surface area contributed by atoms with Crippen molar-refractivity contribution in [2.45, 2.75) is 32.9 Å². The molecule has 1 fully saturated rings. The Balaban J connectivity index is 2.58. The maximum Gasteiger partial charge on any atom is 0.314 e. The zero-order valence-electron chi connectivity index (χ0n) is 11.3. The van der Waals surface area contributed by atoms with Crippen molar-refractivity contribution in [3.8, 4) is 0 Å². The molecule has 0 bridgehead atoms. The average molecular weight is 243 g/mol. The third-order valence-corrected chi connectivity index (χ3v) is 3.38. The molecule has 1 saturated heterocycles. The molecule has 1 aliphatic rings. The number of carbonyl (C=O) groups excluding carboxylic acids is 1. The van der Waals surface area contributed by atoms with E-state index in [4.69, 9.17) is 4.74 Å². The van der Waals surface area contributed by atoms with Crippen molar-refractivity contribution in [1.82, 2.24) is 15.5 Å². The maximum absolute atomic E-state index is 11.4. The molecule has 1 aliphatic heterocycles. The smallest absolute Gasteiger partial charge is 0.314 e. The van der Waals surface area contributed by atoms with Crippen LogP contribution in [0.1, 0.15) is 20.8 Å². The molecular weight excluding hydrogens is 218 g/mol. The topological polar surface area (TPSA) is 53.6 Å². The summed E-state index contributed by atoms with van der Waals surface area (Å²) >= 11 is 0. The van der Waals surface area contributed by atoms with Crippen molar-refractivity contribution in [3.63, 3.8) is 0 Å². The first-order chi connectivity index (χ1) is 8.06. The summed E-state index contributed by atoms with van der Waals surface area (Å²) < 4.78 is 5.35. The Labute approximate surface area is 104 Å². The summed E-state index contributed by atoms with van der Waals surface area (Å²) in [7, 11) is 1.64. The molecule has 0 radical (unpaired) electrons. The Bertz CT molecular complexity index is 240. The fourth-order valence-corrected chi connectivity index (χ4v) is 2.28. The Hall–Kier alpha value is -0.810. The van der Waals surface area contributed by atoms with Crippen molar-refractivity contribution in [2.75, 3.05) is 33.4 Å². The van der Waals surface area contributed by atoms with Crippen LogP contribution in [-0.4, -0.2) is 56.4 Å². The number of morpholine rings is 1. The standard InChI is InChI=1S/C12H25N3O2/c1-9(2)11(14-12(16)13-4)10(3)15-5-7-17-8-6-15/h9-11H,5-8H2,1-4H3,(H2,13,14,16). The van der Waals surface area contributed by atoms with Gasteiger partial charge in [0.15, 0.2) is 0 Å². The van der Waals surface area contributed by atoms with Gasteiger partial charge in [-0.05, 0) is 12.8 Å². The molecule has 2 amide bonds. The lowest BCUT2D eigenvalue weighted by Crippen LogP contribution is -2.56. The molecular formula is C12H25N3O2. The summed E-state index contributed by atoms with van der Waals surface area (Å²) in [6.45, 7) is 9.91. The summed E-state index contributed by atoms with van der Waals surface area (Å²) in [5, 5.41) is 5.65. The van der Waals surface area contributed by atoms with E-state index in [1.54, 1.807) is 7.05 Å². The Morgan fingerprint density at radius 2 is 1.82 bits per heavy atom. The van der Waals surface area contributed by atoms with Crippen molar-refractivity contribution in [2.24, 2.45) is 5.92 Å².